The van der Waals surface area contributed by atoms with E-state index < -0.39 is 23.2 Å². The molecule has 1 aromatic carbocycles. The summed E-state index contributed by atoms with van der Waals surface area (Å²) in [5.74, 6) is -0.379. The maximum absolute atomic E-state index is 11.4. The fourth-order valence-electron chi connectivity index (χ4n) is 1.33. The summed E-state index contributed by atoms with van der Waals surface area (Å²) >= 11 is -4.04. The first-order valence-electron chi connectivity index (χ1n) is 5.82. The van der Waals surface area contributed by atoms with Gasteiger partial charge in [0.1, 0.15) is 5.51 Å². The largest absolute Gasteiger partial charge is 0.290 e. The molecule has 1 heterocycles. The minimum absolute atomic E-state index is 0.103. The van der Waals surface area contributed by atoms with Crippen LogP contribution in [0.2, 0.25) is 0 Å². The van der Waals surface area contributed by atoms with Crippen LogP contribution in [-0.4, -0.2) is 48.0 Å². The summed E-state index contributed by atoms with van der Waals surface area (Å²) in [7, 11) is 1.24. The third-order valence-electron chi connectivity index (χ3n) is 2.18. The Kier molecular flexibility index (Phi) is 7.54. The van der Waals surface area contributed by atoms with Crippen LogP contribution in [-0.2, 0) is 21.5 Å². The number of hydrogen-bond acceptors (Lipinski definition) is 9. The van der Waals surface area contributed by atoms with E-state index in [0.29, 0.717) is 0 Å². The zero-order valence-electron chi connectivity index (χ0n) is 11.9. The molecule has 10 nitrogen and oxygen atoms in total. The maximum atomic E-state index is 11.4. The normalized spacial score (nSPS) is 13.3. The number of nitrogens with one attached hydrogen (secondary N) is 1. The van der Waals surface area contributed by atoms with E-state index in [-0.39, 0.29) is 20.3 Å². The minimum atomic E-state index is -4.92. The van der Waals surface area contributed by atoms with Crippen LogP contribution in [0.1, 0.15) is 6.92 Å². The molecule has 132 valence electrons. The summed E-state index contributed by atoms with van der Waals surface area (Å²) in [6.07, 6.45) is 0. The first-order valence-corrected chi connectivity index (χ1v) is 12.3. The molecule has 2 rings (SSSR count). The molecule has 2 aromatic rings. The minimum Gasteiger partial charge on any atom is -0.204 e. The predicted molar refractivity (Wildman–Crippen MR) is 85.7 cm³/mol. The van der Waals surface area contributed by atoms with Gasteiger partial charge in [-0.1, -0.05) is 11.3 Å². The van der Waals surface area contributed by atoms with Crippen molar-refractivity contribution in [2.45, 2.75) is 11.3 Å². The third-order valence-corrected chi connectivity index (χ3v) is 7.38. The number of nitrogens with zero attached hydrogens (tertiary/aromatic N) is 2. The van der Waals surface area contributed by atoms with Crippen molar-refractivity contribution in [3.05, 3.63) is 29.8 Å². The number of carbonyl (C=O) groups excluding carboxylic acids is 1. The molecule has 14 heteroatoms. The van der Waals surface area contributed by atoms with Gasteiger partial charge in [-0.05, 0) is 0 Å². The third kappa shape index (κ3) is 6.32. The van der Waals surface area contributed by atoms with Gasteiger partial charge in [0.15, 0.2) is 0 Å². The molecule has 0 aliphatic carbocycles. The topological polar surface area (TPSA) is 156 Å². The Labute approximate surface area is 147 Å². The molecular weight excluding hydrogens is 449 g/mol. The molecule has 24 heavy (non-hydrogen) atoms. The summed E-state index contributed by atoms with van der Waals surface area (Å²) in [6.45, 7) is 1.27. The number of hydrogen-bond donors (Lipinski definition) is 3. The van der Waals surface area contributed by atoms with E-state index in [1.165, 1.54) is 30.6 Å². The molecule has 0 aliphatic heterocycles. The van der Waals surface area contributed by atoms with Crippen molar-refractivity contribution in [1.29, 1.82) is 0 Å². The average Bonchev–Trinajstić information content (AvgIpc) is 3.02. The van der Waals surface area contributed by atoms with Crippen molar-refractivity contribution in [2.75, 3.05) is 5.32 Å². The molecule has 0 fully saturated rings. The smallest absolute Gasteiger partial charge is 0.204 e. The van der Waals surface area contributed by atoms with E-state index >= 15 is 0 Å². The Bertz CT molecular complexity index is 844. The molecule has 0 aliphatic rings. The van der Waals surface area contributed by atoms with Gasteiger partial charge in [0.2, 0.25) is 4.34 Å². The summed E-state index contributed by atoms with van der Waals surface area (Å²) in [5.41, 5.74) is 1.46. The average molecular weight is 460 g/mol. The van der Waals surface area contributed by atoms with E-state index in [1.807, 2.05) is 0 Å². The number of carbonyl (C=O) groups is 1. The summed E-state index contributed by atoms with van der Waals surface area (Å²) < 4.78 is 44.7. The number of halogens is 1. The van der Waals surface area contributed by atoms with Crippen LogP contribution in [0.3, 0.4) is 0 Å². The van der Waals surface area contributed by atoms with Crippen LogP contribution in [0, 0.1) is 0 Å². The Hall–Kier alpha value is -1.27. The molecule has 1 aromatic heterocycles. The molecule has 0 bridgehead atoms. The Morgan fingerprint density at radius 2 is 2.04 bits per heavy atom. The van der Waals surface area contributed by atoms with Crippen molar-refractivity contribution in [2.24, 2.45) is 0 Å². The maximum Gasteiger partial charge on any atom is 0.290 e. The standard InChI is InChI=1S/C8H10AsNO5.C2HClN2O2S2/c1-6(11)10-8-5-3-2-4-7(8)9(12,13)15-14;3-9(6,7)2-5-4-1-8-2/h2-5,14H,1H3,(H,10,11)(H,12,13);1H. The van der Waals surface area contributed by atoms with E-state index in [9.17, 15) is 21.0 Å². The van der Waals surface area contributed by atoms with Gasteiger partial charge in [0.05, 0.1) is 0 Å². The van der Waals surface area contributed by atoms with E-state index in [2.05, 4.69) is 19.4 Å². The van der Waals surface area contributed by atoms with Crippen LogP contribution in [0.25, 0.3) is 0 Å². The van der Waals surface area contributed by atoms with Crippen LogP contribution in [0.15, 0.2) is 34.1 Å². The predicted octanol–water partition coefficient (Wildman–Crippen LogP) is 0.169. The van der Waals surface area contributed by atoms with Gasteiger partial charge in [-0.3, -0.25) is 0 Å². The number of benzene rings is 1. The molecule has 1 amide bonds. The Balaban J connectivity index is 0.000000272. The molecule has 1 atom stereocenters. The Morgan fingerprint density at radius 3 is 2.46 bits per heavy atom. The quantitative estimate of drug-likeness (QED) is 0.251. The summed E-state index contributed by atoms with van der Waals surface area (Å²) in [6, 6.07) is 5.84. The number of aromatic nitrogens is 2. The van der Waals surface area contributed by atoms with Gasteiger partial charge in [0, 0.05) is 10.7 Å². The summed E-state index contributed by atoms with van der Waals surface area (Å²) in [5, 5.41) is 17.2. The number of rotatable bonds is 4. The number of anilines is 1. The second-order valence-electron chi connectivity index (χ2n) is 3.94. The van der Waals surface area contributed by atoms with Crippen molar-refractivity contribution in [3.8, 4) is 0 Å². The Morgan fingerprint density at radius 1 is 1.42 bits per heavy atom. The fourth-order valence-corrected chi connectivity index (χ4v) is 4.43. The van der Waals surface area contributed by atoms with Gasteiger partial charge in [-0.15, -0.1) is 10.2 Å². The van der Waals surface area contributed by atoms with Crippen LogP contribution >= 0.6 is 22.0 Å². The molecule has 1 unspecified atom stereocenters. The first-order chi connectivity index (χ1) is 11.1. The van der Waals surface area contributed by atoms with Crippen molar-refractivity contribution in [1.82, 2.24) is 10.2 Å². The van der Waals surface area contributed by atoms with Gasteiger partial charge >= 0.3 is 88.4 Å². The van der Waals surface area contributed by atoms with Gasteiger partial charge in [0.25, 0.3) is 9.05 Å². The van der Waals surface area contributed by atoms with Crippen LogP contribution < -0.4 is 9.67 Å². The SMILES string of the molecule is CC(=O)Nc1ccccc1[As](=O)(O)OO.O=S(=O)(Cl)c1nncs1. The van der Waals surface area contributed by atoms with Crippen LogP contribution in [0.5, 0.6) is 0 Å². The molecule has 0 saturated heterocycles. The van der Waals surface area contributed by atoms with Gasteiger partial charge in [-0.2, -0.15) is 0 Å². The molecule has 0 spiro atoms. The van der Waals surface area contributed by atoms with Crippen molar-refractivity contribution < 1.29 is 30.2 Å². The van der Waals surface area contributed by atoms with E-state index in [0.717, 1.165) is 11.3 Å². The zero-order chi connectivity index (χ0) is 18.4. The van der Waals surface area contributed by atoms with Crippen molar-refractivity contribution in [3.63, 3.8) is 0 Å². The molecule has 0 radical (unpaired) electrons. The van der Waals surface area contributed by atoms with Gasteiger partial charge < -0.3 is 0 Å². The molecule has 3 N–H and O–H groups in total. The van der Waals surface area contributed by atoms with Crippen LogP contribution in [0.4, 0.5) is 5.69 Å². The molecule has 0 saturated carbocycles. The summed E-state index contributed by atoms with van der Waals surface area (Å²) in [4.78, 5) is 10.8. The van der Waals surface area contributed by atoms with E-state index in [1.54, 1.807) is 6.07 Å². The number of para-hydroxylation sites is 1. The second-order valence-corrected chi connectivity index (χ2v) is 11.1. The zero-order valence-corrected chi connectivity index (χ0v) is 16.1. The van der Waals surface area contributed by atoms with Gasteiger partial charge in [-0.25, -0.2) is 8.42 Å². The monoisotopic (exact) mass is 459 g/mol. The van der Waals surface area contributed by atoms with E-state index in [4.69, 9.17) is 15.9 Å². The fraction of sp³-hybridized carbons (Fsp3) is 0.100. The molecular formula is C10H11AsClN3O7S2. The first kappa shape index (κ1) is 20.8. The van der Waals surface area contributed by atoms with Crippen molar-refractivity contribution >= 4 is 61.2 Å². The number of amides is 1. The second kappa shape index (κ2) is 8.72.